The minimum absolute atomic E-state index is 0.763. The molecule has 0 saturated carbocycles. The molecule has 1 N–H and O–H groups in total. The van der Waals surface area contributed by atoms with Crippen molar-refractivity contribution in [2.45, 2.75) is 13.8 Å². The summed E-state index contributed by atoms with van der Waals surface area (Å²) >= 11 is 6.03. The fraction of sp³-hybridized carbons (Fsp3) is 0.125. The minimum atomic E-state index is 0.763. The van der Waals surface area contributed by atoms with Gasteiger partial charge in [-0.05, 0) is 60.9 Å². The number of hydrogen-bond acceptors (Lipinski definition) is 0. The van der Waals surface area contributed by atoms with Gasteiger partial charge in [-0.25, -0.2) is 0 Å². The van der Waals surface area contributed by atoms with Crippen LogP contribution in [0.5, 0.6) is 0 Å². The maximum absolute atomic E-state index is 6.03. The number of aryl methyl sites for hydroxylation is 2. The Balaban J connectivity index is 2.19. The van der Waals surface area contributed by atoms with Gasteiger partial charge < -0.3 is 4.98 Å². The molecule has 90 valence electrons. The van der Waals surface area contributed by atoms with E-state index in [1.54, 1.807) is 0 Å². The van der Waals surface area contributed by atoms with Gasteiger partial charge in [0.05, 0.1) is 0 Å². The molecule has 0 atom stereocenters. The maximum Gasteiger partial charge on any atom is 0.0465 e. The minimum Gasteiger partial charge on any atom is -0.355 e. The van der Waals surface area contributed by atoms with Crippen LogP contribution in [0.4, 0.5) is 0 Å². The van der Waals surface area contributed by atoms with E-state index in [-0.39, 0.29) is 0 Å². The van der Waals surface area contributed by atoms with Crippen LogP contribution in [0.1, 0.15) is 11.1 Å². The van der Waals surface area contributed by atoms with Gasteiger partial charge in [-0.2, -0.15) is 0 Å². The van der Waals surface area contributed by atoms with Crippen molar-refractivity contribution in [3.05, 3.63) is 58.6 Å². The highest BCUT2D eigenvalue weighted by Gasteiger charge is 2.05. The highest BCUT2D eigenvalue weighted by Crippen LogP contribution is 2.27. The molecule has 0 amide bonds. The molecule has 0 bridgehead atoms. The van der Waals surface area contributed by atoms with Crippen LogP contribution in [0, 0.1) is 13.8 Å². The van der Waals surface area contributed by atoms with Gasteiger partial charge in [0.15, 0.2) is 0 Å². The molecule has 0 saturated heterocycles. The summed E-state index contributed by atoms with van der Waals surface area (Å²) in [5, 5.41) is 2.01. The first kappa shape index (κ1) is 11.4. The number of H-pyrrole nitrogens is 1. The Morgan fingerprint density at radius 3 is 2.50 bits per heavy atom. The molecule has 0 aliphatic heterocycles. The quantitative estimate of drug-likeness (QED) is 0.622. The Kier molecular flexibility index (Phi) is 2.64. The fourth-order valence-electron chi connectivity index (χ4n) is 2.21. The fourth-order valence-corrected chi connectivity index (χ4v) is 2.40. The lowest BCUT2D eigenvalue weighted by atomic mass is 10.1. The molecule has 3 rings (SSSR count). The second-order valence-corrected chi connectivity index (χ2v) is 5.15. The Morgan fingerprint density at radius 2 is 1.72 bits per heavy atom. The van der Waals surface area contributed by atoms with E-state index >= 15 is 0 Å². The average Bonchev–Trinajstić information content (AvgIpc) is 2.73. The van der Waals surface area contributed by atoms with Gasteiger partial charge in [0.1, 0.15) is 0 Å². The van der Waals surface area contributed by atoms with Crippen LogP contribution in [0.15, 0.2) is 42.5 Å². The molecule has 0 fully saturated rings. The number of hydrogen-bond donors (Lipinski definition) is 1. The van der Waals surface area contributed by atoms with E-state index in [9.17, 15) is 0 Å². The molecule has 1 nitrogen and oxygen atoms in total. The molecule has 1 heterocycles. The number of nitrogens with one attached hydrogen (secondary N) is 1. The summed E-state index contributed by atoms with van der Waals surface area (Å²) in [5.41, 5.74) is 6.03. The SMILES string of the molecule is Cc1cc2cc(-c3cccc(Cl)c3)[nH]c2cc1C. The van der Waals surface area contributed by atoms with Crippen LogP contribution in [0.2, 0.25) is 5.02 Å². The molecule has 0 unspecified atom stereocenters. The van der Waals surface area contributed by atoms with Crippen LogP contribution in [0.25, 0.3) is 22.2 Å². The summed E-state index contributed by atoms with van der Waals surface area (Å²) in [7, 11) is 0. The third-order valence-electron chi connectivity index (χ3n) is 3.37. The molecule has 0 aliphatic rings. The van der Waals surface area contributed by atoms with Crippen molar-refractivity contribution in [2.75, 3.05) is 0 Å². The highest BCUT2D eigenvalue weighted by atomic mass is 35.5. The zero-order chi connectivity index (χ0) is 12.7. The molecule has 2 aromatic carbocycles. The van der Waals surface area contributed by atoms with Crippen LogP contribution in [0.3, 0.4) is 0 Å². The smallest absolute Gasteiger partial charge is 0.0465 e. The predicted octanol–water partition coefficient (Wildman–Crippen LogP) is 5.11. The highest BCUT2D eigenvalue weighted by molar-refractivity contribution is 6.30. The molecule has 0 radical (unpaired) electrons. The molecular formula is C16H14ClN. The lowest BCUT2D eigenvalue weighted by molar-refractivity contribution is 1.35. The van der Waals surface area contributed by atoms with Crippen molar-refractivity contribution >= 4 is 22.5 Å². The predicted molar refractivity (Wildman–Crippen MR) is 78.2 cm³/mol. The first-order valence-corrected chi connectivity index (χ1v) is 6.37. The average molecular weight is 256 g/mol. The van der Waals surface area contributed by atoms with Gasteiger partial charge in [-0.1, -0.05) is 23.7 Å². The van der Waals surface area contributed by atoms with E-state index in [0.29, 0.717) is 0 Å². The molecular weight excluding hydrogens is 242 g/mol. The second-order valence-electron chi connectivity index (χ2n) is 4.72. The number of aromatic nitrogens is 1. The van der Waals surface area contributed by atoms with Crippen LogP contribution < -0.4 is 0 Å². The van der Waals surface area contributed by atoms with Crippen LogP contribution in [-0.4, -0.2) is 4.98 Å². The molecule has 2 heteroatoms. The first-order valence-electron chi connectivity index (χ1n) is 5.99. The van der Waals surface area contributed by atoms with E-state index in [1.807, 2.05) is 18.2 Å². The van der Waals surface area contributed by atoms with E-state index in [2.05, 4.69) is 43.1 Å². The van der Waals surface area contributed by atoms with Gasteiger partial charge in [0, 0.05) is 21.6 Å². The van der Waals surface area contributed by atoms with Gasteiger partial charge in [0.2, 0.25) is 0 Å². The van der Waals surface area contributed by atoms with Gasteiger partial charge >= 0.3 is 0 Å². The Labute approximate surface area is 111 Å². The summed E-state index contributed by atoms with van der Waals surface area (Å²) in [5.74, 6) is 0. The molecule has 18 heavy (non-hydrogen) atoms. The normalized spacial score (nSPS) is 11.1. The summed E-state index contributed by atoms with van der Waals surface area (Å²) in [6, 6.07) is 14.5. The van der Waals surface area contributed by atoms with Crippen molar-refractivity contribution in [1.82, 2.24) is 4.98 Å². The number of rotatable bonds is 1. The van der Waals surface area contributed by atoms with Crippen LogP contribution in [-0.2, 0) is 0 Å². The number of halogens is 1. The molecule has 0 aliphatic carbocycles. The number of aromatic amines is 1. The first-order chi connectivity index (χ1) is 8.63. The maximum atomic E-state index is 6.03. The topological polar surface area (TPSA) is 15.8 Å². The van der Waals surface area contributed by atoms with Gasteiger partial charge in [-0.3, -0.25) is 0 Å². The number of fused-ring (bicyclic) bond motifs is 1. The van der Waals surface area contributed by atoms with Gasteiger partial charge in [0.25, 0.3) is 0 Å². The monoisotopic (exact) mass is 255 g/mol. The molecule has 0 spiro atoms. The largest absolute Gasteiger partial charge is 0.355 e. The zero-order valence-electron chi connectivity index (χ0n) is 10.4. The van der Waals surface area contributed by atoms with E-state index in [1.165, 1.54) is 22.0 Å². The summed E-state index contributed by atoms with van der Waals surface area (Å²) in [4.78, 5) is 3.45. The van der Waals surface area contributed by atoms with Crippen LogP contribution >= 0.6 is 11.6 Å². The second kappa shape index (κ2) is 4.18. The lowest BCUT2D eigenvalue weighted by Gasteiger charge is -1.98. The zero-order valence-corrected chi connectivity index (χ0v) is 11.2. The summed E-state index contributed by atoms with van der Waals surface area (Å²) < 4.78 is 0. The van der Waals surface area contributed by atoms with E-state index < -0.39 is 0 Å². The number of benzene rings is 2. The molecule has 3 aromatic rings. The summed E-state index contributed by atoms with van der Waals surface area (Å²) in [6.07, 6.45) is 0. The van der Waals surface area contributed by atoms with Crippen molar-refractivity contribution in [1.29, 1.82) is 0 Å². The van der Waals surface area contributed by atoms with Crippen molar-refractivity contribution in [3.8, 4) is 11.3 Å². The van der Waals surface area contributed by atoms with Crippen molar-refractivity contribution in [2.24, 2.45) is 0 Å². The van der Waals surface area contributed by atoms with Crippen molar-refractivity contribution < 1.29 is 0 Å². The Morgan fingerprint density at radius 1 is 0.944 bits per heavy atom. The van der Waals surface area contributed by atoms with E-state index in [0.717, 1.165) is 16.3 Å². The lowest BCUT2D eigenvalue weighted by Crippen LogP contribution is -1.79. The van der Waals surface area contributed by atoms with Crippen molar-refractivity contribution in [3.63, 3.8) is 0 Å². The molecule has 1 aromatic heterocycles. The van der Waals surface area contributed by atoms with E-state index in [4.69, 9.17) is 11.6 Å². The summed E-state index contributed by atoms with van der Waals surface area (Å²) in [6.45, 7) is 4.27. The van der Waals surface area contributed by atoms with Gasteiger partial charge in [-0.15, -0.1) is 0 Å². The Hall–Kier alpha value is -1.73. The third kappa shape index (κ3) is 1.91. The standard InChI is InChI=1S/C16H14ClN/c1-10-6-13-9-16(18-15(13)7-11(10)2)12-4-3-5-14(17)8-12/h3-9,18H,1-2H3. The third-order valence-corrected chi connectivity index (χ3v) is 3.61. The Bertz CT molecular complexity index is 686.